The van der Waals surface area contributed by atoms with Crippen LogP contribution >= 0.6 is 0 Å². The first-order valence-electron chi connectivity index (χ1n) is 10.4. The fraction of sp³-hybridized carbons (Fsp3) is 0.458. The summed E-state index contributed by atoms with van der Waals surface area (Å²) in [6.45, 7) is 4.53. The van der Waals surface area contributed by atoms with E-state index in [1.165, 1.54) is 11.1 Å². The molecule has 2 unspecified atom stereocenters. The van der Waals surface area contributed by atoms with E-state index in [1.54, 1.807) is 0 Å². The van der Waals surface area contributed by atoms with Crippen LogP contribution < -0.4 is 0 Å². The van der Waals surface area contributed by atoms with Crippen molar-refractivity contribution in [3.05, 3.63) is 71.8 Å². The van der Waals surface area contributed by atoms with Crippen molar-refractivity contribution < 1.29 is 9.90 Å². The summed E-state index contributed by atoms with van der Waals surface area (Å²) in [5.74, 6) is -0.0376. The number of likely N-dealkylation sites (tertiary alicyclic amines) is 2. The third kappa shape index (κ3) is 4.52. The molecule has 0 saturated carbocycles. The summed E-state index contributed by atoms with van der Waals surface area (Å²) in [5.41, 5.74) is 1.61. The quantitative estimate of drug-likeness (QED) is 0.868. The van der Waals surface area contributed by atoms with Crippen molar-refractivity contribution in [3.8, 4) is 0 Å². The Hall–Kier alpha value is -2.01. The van der Waals surface area contributed by atoms with Crippen LogP contribution in [0.15, 0.2) is 60.7 Å². The van der Waals surface area contributed by atoms with E-state index >= 15 is 0 Å². The molecule has 2 atom stereocenters. The first-order chi connectivity index (χ1) is 13.6. The number of carbonyl (C=O) groups excluding carboxylic acids is 1. The van der Waals surface area contributed by atoms with Gasteiger partial charge in [0.1, 0.15) is 0 Å². The van der Waals surface area contributed by atoms with Gasteiger partial charge in [0.05, 0.1) is 18.1 Å². The van der Waals surface area contributed by atoms with Gasteiger partial charge in [0.15, 0.2) is 5.78 Å². The average Bonchev–Trinajstić information content (AvgIpc) is 2.69. The SMILES string of the molecule is O=C1CN(Cc2ccccc2)CCC1C1(O)CCCN(Cc2ccccc2)C1. The molecule has 0 aliphatic carbocycles. The molecule has 2 aromatic rings. The summed E-state index contributed by atoms with van der Waals surface area (Å²) in [6.07, 6.45) is 2.43. The second-order valence-electron chi connectivity index (χ2n) is 8.41. The van der Waals surface area contributed by atoms with Crippen molar-refractivity contribution in [2.45, 2.75) is 38.0 Å². The van der Waals surface area contributed by atoms with Crippen LogP contribution in [0.5, 0.6) is 0 Å². The van der Waals surface area contributed by atoms with E-state index in [0.717, 1.165) is 45.4 Å². The van der Waals surface area contributed by atoms with E-state index in [1.807, 2.05) is 24.3 Å². The predicted molar refractivity (Wildman–Crippen MR) is 111 cm³/mol. The fourth-order valence-electron chi connectivity index (χ4n) is 4.84. The summed E-state index contributed by atoms with van der Waals surface area (Å²) >= 11 is 0. The number of ketones is 1. The summed E-state index contributed by atoms with van der Waals surface area (Å²) < 4.78 is 0. The lowest BCUT2D eigenvalue weighted by molar-refractivity contribution is -0.145. The Bertz CT molecular complexity index is 780. The maximum absolute atomic E-state index is 12.9. The monoisotopic (exact) mass is 378 g/mol. The zero-order valence-corrected chi connectivity index (χ0v) is 16.5. The molecule has 2 aliphatic heterocycles. The normalized spacial score (nSPS) is 27.0. The zero-order valence-electron chi connectivity index (χ0n) is 16.5. The maximum atomic E-state index is 12.9. The van der Waals surface area contributed by atoms with Crippen molar-refractivity contribution >= 4 is 5.78 Å². The molecule has 148 valence electrons. The highest BCUT2D eigenvalue weighted by Gasteiger charge is 2.45. The first kappa shape index (κ1) is 19.3. The molecule has 28 heavy (non-hydrogen) atoms. The highest BCUT2D eigenvalue weighted by atomic mass is 16.3. The van der Waals surface area contributed by atoms with Crippen LogP contribution in [0.25, 0.3) is 0 Å². The third-order valence-electron chi connectivity index (χ3n) is 6.23. The predicted octanol–water partition coefficient (Wildman–Crippen LogP) is 3.10. The lowest BCUT2D eigenvalue weighted by Crippen LogP contribution is -2.58. The molecule has 2 aliphatic rings. The van der Waals surface area contributed by atoms with Gasteiger partial charge < -0.3 is 5.11 Å². The number of rotatable bonds is 5. The smallest absolute Gasteiger partial charge is 0.152 e. The Morgan fingerprint density at radius 1 is 0.893 bits per heavy atom. The van der Waals surface area contributed by atoms with Crippen molar-refractivity contribution in [1.82, 2.24) is 9.80 Å². The number of Topliss-reactive ketones (excluding diaryl/α,β-unsaturated/α-hetero) is 1. The molecule has 4 heteroatoms. The molecular formula is C24H30N2O2. The second-order valence-corrected chi connectivity index (χ2v) is 8.41. The van der Waals surface area contributed by atoms with E-state index < -0.39 is 5.60 Å². The van der Waals surface area contributed by atoms with Crippen molar-refractivity contribution in [1.29, 1.82) is 0 Å². The second kappa shape index (κ2) is 8.56. The third-order valence-corrected chi connectivity index (χ3v) is 6.23. The number of piperidine rings is 2. The zero-order chi connectivity index (χ0) is 19.4. The van der Waals surface area contributed by atoms with Gasteiger partial charge in [0.2, 0.25) is 0 Å². The Morgan fingerprint density at radius 2 is 1.50 bits per heavy atom. The van der Waals surface area contributed by atoms with Crippen molar-refractivity contribution in [2.75, 3.05) is 26.2 Å². The highest BCUT2D eigenvalue weighted by molar-refractivity contribution is 5.85. The molecule has 4 nitrogen and oxygen atoms in total. The summed E-state index contributed by atoms with van der Waals surface area (Å²) in [7, 11) is 0. The molecule has 0 radical (unpaired) electrons. The summed E-state index contributed by atoms with van der Waals surface area (Å²) in [4.78, 5) is 17.5. The van der Waals surface area contributed by atoms with E-state index in [9.17, 15) is 9.90 Å². The van der Waals surface area contributed by atoms with E-state index in [-0.39, 0.29) is 11.7 Å². The molecule has 4 rings (SSSR count). The maximum Gasteiger partial charge on any atom is 0.152 e. The molecule has 0 spiro atoms. The van der Waals surface area contributed by atoms with Gasteiger partial charge in [0, 0.05) is 19.6 Å². The average molecular weight is 379 g/mol. The molecular weight excluding hydrogens is 348 g/mol. The van der Waals surface area contributed by atoms with Crippen LogP contribution in [0, 0.1) is 5.92 Å². The number of benzene rings is 2. The number of β-amino-alcohol motifs (C(OH)–C–C–N with tert-alkyl or cyclic N) is 1. The Kier molecular flexibility index (Phi) is 5.90. The molecule has 2 heterocycles. The number of hydrogen-bond acceptors (Lipinski definition) is 4. The molecule has 2 aromatic carbocycles. The van der Waals surface area contributed by atoms with Gasteiger partial charge in [-0.2, -0.15) is 0 Å². The summed E-state index contributed by atoms with van der Waals surface area (Å²) in [6, 6.07) is 20.7. The molecule has 2 saturated heterocycles. The highest BCUT2D eigenvalue weighted by Crippen LogP contribution is 2.34. The Morgan fingerprint density at radius 3 is 2.11 bits per heavy atom. The van der Waals surface area contributed by atoms with Crippen LogP contribution in [0.2, 0.25) is 0 Å². The van der Waals surface area contributed by atoms with Gasteiger partial charge in [-0.3, -0.25) is 14.6 Å². The number of nitrogens with zero attached hydrogens (tertiary/aromatic N) is 2. The van der Waals surface area contributed by atoms with Crippen LogP contribution in [0.3, 0.4) is 0 Å². The topological polar surface area (TPSA) is 43.8 Å². The lowest BCUT2D eigenvalue weighted by Gasteiger charge is -2.46. The van der Waals surface area contributed by atoms with Gasteiger partial charge in [0.25, 0.3) is 0 Å². The fourth-order valence-corrected chi connectivity index (χ4v) is 4.84. The van der Waals surface area contributed by atoms with Crippen molar-refractivity contribution in [2.24, 2.45) is 5.92 Å². The van der Waals surface area contributed by atoms with Crippen LogP contribution in [-0.4, -0.2) is 52.5 Å². The Labute approximate surface area is 167 Å². The molecule has 0 aromatic heterocycles. The van der Waals surface area contributed by atoms with E-state index in [0.29, 0.717) is 13.1 Å². The number of hydrogen-bond donors (Lipinski definition) is 1. The van der Waals surface area contributed by atoms with Crippen LogP contribution in [-0.2, 0) is 17.9 Å². The lowest BCUT2D eigenvalue weighted by atomic mass is 9.75. The van der Waals surface area contributed by atoms with Gasteiger partial charge in [-0.15, -0.1) is 0 Å². The van der Waals surface area contributed by atoms with Gasteiger partial charge in [-0.1, -0.05) is 60.7 Å². The van der Waals surface area contributed by atoms with Gasteiger partial charge >= 0.3 is 0 Å². The minimum atomic E-state index is -0.886. The van der Waals surface area contributed by atoms with Gasteiger partial charge in [-0.25, -0.2) is 0 Å². The minimum Gasteiger partial charge on any atom is -0.388 e. The minimum absolute atomic E-state index is 0.200. The standard InChI is InChI=1S/C24H30N2O2/c27-23-18-25(16-20-8-3-1-4-9-20)15-12-22(23)24(28)13-7-14-26(19-24)17-21-10-5-2-6-11-21/h1-6,8-11,22,28H,7,12-19H2. The Balaban J connectivity index is 1.37. The molecule has 0 bridgehead atoms. The summed E-state index contributed by atoms with van der Waals surface area (Å²) in [5, 5.41) is 11.4. The largest absolute Gasteiger partial charge is 0.388 e. The van der Waals surface area contributed by atoms with Crippen LogP contribution in [0.1, 0.15) is 30.4 Å². The van der Waals surface area contributed by atoms with Gasteiger partial charge in [-0.05, 0) is 43.5 Å². The van der Waals surface area contributed by atoms with Crippen molar-refractivity contribution in [3.63, 3.8) is 0 Å². The molecule has 0 amide bonds. The molecule has 1 N–H and O–H groups in total. The first-order valence-corrected chi connectivity index (χ1v) is 10.4. The number of aliphatic hydroxyl groups is 1. The van der Waals surface area contributed by atoms with E-state index in [2.05, 4.69) is 46.2 Å². The molecule has 2 fully saturated rings. The van der Waals surface area contributed by atoms with E-state index in [4.69, 9.17) is 0 Å². The number of carbonyl (C=O) groups is 1. The van der Waals surface area contributed by atoms with Crippen LogP contribution in [0.4, 0.5) is 0 Å².